The molecule has 0 amide bonds. The molecule has 0 saturated heterocycles. The van der Waals surface area contributed by atoms with E-state index in [4.69, 9.17) is 11.6 Å². The van der Waals surface area contributed by atoms with E-state index in [1.165, 1.54) is 5.56 Å². The normalized spacial score (nSPS) is 11.1. The number of rotatable bonds is 4. The van der Waals surface area contributed by atoms with Gasteiger partial charge < -0.3 is 10.3 Å². The summed E-state index contributed by atoms with van der Waals surface area (Å²) in [5, 5.41) is 9.46. The van der Waals surface area contributed by atoms with E-state index in [1.807, 2.05) is 56.3 Å². The van der Waals surface area contributed by atoms with E-state index in [0.29, 0.717) is 22.8 Å². The van der Waals surface area contributed by atoms with Crippen molar-refractivity contribution < 1.29 is 0 Å². The molecule has 2 aromatic heterocycles. The number of fused-ring (bicyclic) bond motifs is 1. The van der Waals surface area contributed by atoms with E-state index in [-0.39, 0.29) is 5.56 Å². The SMILES string of the molecule is Cc1ccc(NCc2cc3c(C)nn(-c4ccc(Cl)cc4)c3[nH]c2=O)cc1. The van der Waals surface area contributed by atoms with Gasteiger partial charge in [0.1, 0.15) is 5.65 Å². The van der Waals surface area contributed by atoms with Crippen molar-refractivity contribution in [1.29, 1.82) is 0 Å². The van der Waals surface area contributed by atoms with Gasteiger partial charge in [0.2, 0.25) is 0 Å². The molecule has 0 spiro atoms. The second-order valence-electron chi connectivity index (χ2n) is 6.58. The van der Waals surface area contributed by atoms with Gasteiger partial charge in [-0.05, 0) is 56.3 Å². The van der Waals surface area contributed by atoms with Crippen LogP contribution in [0, 0.1) is 13.8 Å². The van der Waals surface area contributed by atoms with E-state index in [9.17, 15) is 4.79 Å². The molecule has 2 N–H and O–H groups in total. The van der Waals surface area contributed by atoms with E-state index in [0.717, 1.165) is 22.5 Å². The van der Waals surface area contributed by atoms with Crippen LogP contribution in [0.1, 0.15) is 16.8 Å². The minimum atomic E-state index is -0.128. The highest BCUT2D eigenvalue weighted by molar-refractivity contribution is 6.30. The van der Waals surface area contributed by atoms with Gasteiger partial charge in [-0.15, -0.1) is 0 Å². The maximum absolute atomic E-state index is 12.6. The van der Waals surface area contributed by atoms with Crippen LogP contribution in [0.5, 0.6) is 0 Å². The number of aromatic nitrogens is 3. The first-order valence-electron chi connectivity index (χ1n) is 8.69. The summed E-state index contributed by atoms with van der Waals surface area (Å²) in [6.07, 6.45) is 0. The zero-order valence-corrected chi connectivity index (χ0v) is 15.8. The van der Waals surface area contributed by atoms with Crippen LogP contribution in [0.15, 0.2) is 59.4 Å². The average Bonchev–Trinajstić information content (AvgIpc) is 2.97. The number of pyridine rings is 1. The molecular weight excluding hydrogens is 360 g/mol. The zero-order valence-electron chi connectivity index (χ0n) is 15.1. The van der Waals surface area contributed by atoms with Gasteiger partial charge >= 0.3 is 0 Å². The number of benzene rings is 2. The first-order chi connectivity index (χ1) is 13.0. The van der Waals surface area contributed by atoms with Gasteiger partial charge in [-0.25, -0.2) is 4.68 Å². The Kier molecular flexibility index (Phi) is 4.46. The molecule has 0 saturated carbocycles. The minimum absolute atomic E-state index is 0.128. The number of anilines is 1. The molecule has 0 unspecified atom stereocenters. The van der Waals surface area contributed by atoms with Crippen LogP contribution >= 0.6 is 11.6 Å². The van der Waals surface area contributed by atoms with Gasteiger partial charge in [0, 0.05) is 28.2 Å². The third kappa shape index (κ3) is 3.46. The Morgan fingerprint density at radius 1 is 1.07 bits per heavy atom. The van der Waals surface area contributed by atoms with Gasteiger partial charge in [-0.3, -0.25) is 4.79 Å². The fraction of sp³-hybridized carbons (Fsp3) is 0.143. The Hall–Kier alpha value is -3.05. The van der Waals surface area contributed by atoms with Gasteiger partial charge in [-0.1, -0.05) is 29.3 Å². The van der Waals surface area contributed by atoms with Crippen LogP contribution in [0.4, 0.5) is 5.69 Å². The lowest BCUT2D eigenvalue weighted by Crippen LogP contribution is -2.16. The van der Waals surface area contributed by atoms with Crippen molar-refractivity contribution in [2.75, 3.05) is 5.32 Å². The highest BCUT2D eigenvalue weighted by Crippen LogP contribution is 2.21. The van der Waals surface area contributed by atoms with Gasteiger partial charge in [-0.2, -0.15) is 5.10 Å². The van der Waals surface area contributed by atoms with Crippen molar-refractivity contribution in [2.24, 2.45) is 0 Å². The number of nitrogens with zero attached hydrogens (tertiary/aromatic N) is 2. The summed E-state index contributed by atoms with van der Waals surface area (Å²) >= 11 is 5.97. The Morgan fingerprint density at radius 2 is 1.78 bits per heavy atom. The molecule has 0 aliphatic carbocycles. The Labute approximate surface area is 161 Å². The summed E-state index contributed by atoms with van der Waals surface area (Å²) in [4.78, 5) is 15.6. The van der Waals surface area contributed by atoms with Crippen LogP contribution in [0.25, 0.3) is 16.7 Å². The fourth-order valence-corrected chi connectivity index (χ4v) is 3.16. The minimum Gasteiger partial charge on any atom is -0.381 e. The van der Waals surface area contributed by atoms with Crippen molar-refractivity contribution >= 4 is 28.3 Å². The molecule has 27 heavy (non-hydrogen) atoms. The standard InChI is InChI=1S/C21H19ClN4O/c1-13-3-7-17(8-4-13)23-12-15-11-19-14(2)25-26(20(19)24-21(15)27)18-9-5-16(22)6-10-18/h3-11,23H,12H2,1-2H3,(H,24,27). The quantitative estimate of drug-likeness (QED) is 0.545. The molecule has 0 aliphatic rings. The number of aryl methyl sites for hydroxylation is 2. The maximum atomic E-state index is 12.6. The lowest BCUT2D eigenvalue weighted by Gasteiger charge is -2.07. The van der Waals surface area contributed by atoms with E-state index in [2.05, 4.69) is 15.4 Å². The summed E-state index contributed by atoms with van der Waals surface area (Å²) in [7, 11) is 0. The van der Waals surface area contributed by atoms with Crippen LogP contribution in [-0.2, 0) is 6.54 Å². The molecule has 0 atom stereocenters. The topological polar surface area (TPSA) is 62.7 Å². The Bertz CT molecular complexity index is 1160. The van der Waals surface area contributed by atoms with Gasteiger partial charge in [0.15, 0.2) is 0 Å². The van der Waals surface area contributed by atoms with Crippen LogP contribution in [-0.4, -0.2) is 14.8 Å². The average molecular weight is 379 g/mol. The smallest absolute Gasteiger partial charge is 0.254 e. The van der Waals surface area contributed by atoms with Crippen molar-refractivity contribution in [3.8, 4) is 5.69 Å². The first kappa shape index (κ1) is 17.4. The van der Waals surface area contributed by atoms with E-state index in [1.54, 1.807) is 16.8 Å². The lowest BCUT2D eigenvalue weighted by molar-refractivity contribution is 0.874. The molecule has 6 heteroatoms. The second-order valence-corrected chi connectivity index (χ2v) is 7.02. The molecule has 2 aromatic carbocycles. The molecule has 4 aromatic rings. The molecule has 0 aliphatic heterocycles. The number of nitrogens with one attached hydrogen (secondary N) is 2. The maximum Gasteiger partial charge on any atom is 0.254 e. The Balaban J connectivity index is 1.69. The van der Waals surface area contributed by atoms with E-state index >= 15 is 0 Å². The Morgan fingerprint density at radius 3 is 2.48 bits per heavy atom. The fourth-order valence-electron chi connectivity index (χ4n) is 3.03. The number of halogens is 1. The molecule has 4 rings (SSSR count). The summed E-state index contributed by atoms with van der Waals surface area (Å²) in [5.41, 5.74) is 5.10. The van der Waals surface area contributed by atoms with Crippen LogP contribution in [0.3, 0.4) is 0 Å². The third-order valence-electron chi connectivity index (χ3n) is 4.55. The number of aromatic amines is 1. The third-order valence-corrected chi connectivity index (χ3v) is 4.81. The molecule has 0 radical (unpaired) electrons. The second kappa shape index (κ2) is 6.93. The highest BCUT2D eigenvalue weighted by Gasteiger charge is 2.13. The lowest BCUT2D eigenvalue weighted by atomic mass is 10.2. The molecular formula is C21H19ClN4O. The summed E-state index contributed by atoms with van der Waals surface area (Å²) in [6.45, 7) is 4.42. The largest absolute Gasteiger partial charge is 0.381 e. The molecule has 2 heterocycles. The number of H-pyrrole nitrogens is 1. The molecule has 136 valence electrons. The monoisotopic (exact) mass is 378 g/mol. The van der Waals surface area contributed by atoms with Crippen molar-refractivity contribution in [3.05, 3.63) is 86.8 Å². The molecule has 0 fully saturated rings. The van der Waals surface area contributed by atoms with Crippen LogP contribution in [0.2, 0.25) is 5.02 Å². The summed E-state index contributed by atoms with van der Waals surface area (Å²) in [6, 6.07) is 17.3. The summed E-state index contributed by atoms with van der Waals surface area (Å²) < 4.78 is 1.74. The highest BCUT2D eigenvalue weighted by atomic mass is 35.5. The number of hydrogen-bond acceptors (Lipinski definition) is 3. The van der Waals surface area contributed by atoms with Gasteiger partial charge in [0.05, 0.1) is 11.4 Å². The predicted octanol–water partition coefficient (Wildman–Crippen LogP) is 4.60. The van der Waals surface area contributed by atoms with E-state index < -0.39 is 0 Å². The van der Waals surface area contributed by atoms with Crippen molar-refractivity contribution in [3.63, 3.8) is 0 Å². The molecule has 0 bridgehead atoms. The first-order valence-corrected chi connectivity index (χ1v) is 9.07. The van der Waals surface area contributed by atoms with Crippen LogP contribution < -0.4 is 10.9 Å². The van der Waals surface area contributed by atoms with Crippen molar-refractivity contribution in [1.82, 2.24) is 14.8 Å². The van der Waals surface area contributed by atoms with Crippen molar-refractivity contribution in [2.45, 2.75) is 20.4 Å². The van der Waals surface area contributed by atoms with Gasteiger partial charge in [0.25, 0.3) is 5.56 Å². The molecule has 5 nitrogen and oxygen atoms in total. The number of hydrogen-bond donors (Lipinski definition) is 2. The predicted molar refractivity (Wildman–Crippen MR) is 110 cm³/mol. The zero-order chi connectivity index (χ0) is 19.0. The summed E-state index contributed by atoms with van der Waals surface area (Å²) in [5.74, 6) is 0.